The third-order valence-corrected chi connectivity index (χ3v) is 4.42. The van der Waals surface area contributed by atoms with E-state index in [-0.39, 0.29) is 6.04 Å². The normalized spacial score (nSPS) is 21.1. The third kappa shape index (κ3) is 2.52. The lowest BCUT2D eigenvalue weighted by molar-refractivity contribution is 0.414. The molecule has 1 saturated heterocycles. The number of pyridine rings is 2. The molecule has 4 nitrogen and oxygen atoms in total. The smallest absolute Gasteiger partial charge is 0.112 e. The molecule has 5 heteroatoms. The topological polar surface area (TPSA) is 55.0 Å². The van der Waals surface area contributed by atoms with Gasteiger partial charge in [0.05, 0.1) is 11.2 Å². The van der Waals surface area contributed by atoms with Crippen LogP contribution in [0.15, 0.2) is 29.0 Å². The van der Waals surface area contributed by atoms with E-state index in [1.807, 2.05) is 18.5 Å². The molecule has 20 heavy (non-hydrogen) atoms. The van der Waals surface area contributed by atoms with Crippen LogP contribution in [0.5, 0.6) is 0 Å². The van der Waals surface area contributed by atoms with Crippen LogP contribution in [-0.2, 0) is 0 Å². The Morgan fingerprint density at radius 3 is 3.05 bits per heavy atom. The van der Waals surface area contributed by atoms with E-state index in [4.69, 9.17) is 5.73 Å². The molecular weight excluding hydrogens is 316 g/mol. The standard InChI is InChI=1S/C15H19BrN4/c1-10(17)13-4-2-3-7-20(13)14-5-6-18-12-8-11(16)9-19-15(12)14/h5-6,8-10,13H,2-4,7,17H2,1H3. The van der Waals surface area contributed by atoms with Crippen molar-refractivity contribution in [1.29, 1.82) is 0 Å². The van der Waals surface area contributed by atoms with Gasteiger partial charge in [-0.05, 0) is 54.2 Å². The molecule has 0 aliphatic carbocycles. The summed E-state index contributed by atoms with van der Waals surface area (Å²) in [4.78, 5) is 11.4. The van der Waals surface area contributed by atoms with Gasteiger partial charge in [-0.2, -0.15) is 0 Å². The first kappa shape index (κ1) is 13.8. The third-order valence-electron chi connectivity index (χ3n) is 3.99. The van der Waals surface area contributed by atoms with Crippen LogP contribution in [0.1, 0.15) is 26.2 Å². The molecule has 0 amide bonds. The van der Waals surface area contributed by atoms with Crippen LogP contribution in [0.4, 0.5) is 5.69 Å². The highest BCUT2D eigenvalue weighted by atomic mass is 79.9. The number of nitrogens with zero attached hydrogens (tertiary/aromatic N) is 3. The zero-order chi connectivity index (χ0) is 14.1. The highest BCUT2D eigenvalue weighted by Gasteiger charge is 2.27. The Balaban J connectivity index is 2.08. The van der Waals surface area contributed by atoms with Crippen LogP contribution in [0.25, 0.3) is 11.0 Å². The molecule has 2 N–H and O–H groups in total. The number of anilines is 1. The molecule has 1 aliphatic rings. The van der Waals surface area contributed by atoms with Crippen LogP contribution >= 0.6 is 15.9 Å². The number of piperidine rings is 1. The van der Waals surface area contributed by atoms with Gasteiger partial charge >= 0.3 is 0 Å². The first-order chi connectivity index (χ1) is 9.66. The lowest BCUT2D eigenvalue weighted by Gasteiger charge is -2.40. The van der Waals surface area contributed by atoms with Crippen LogP contribution in [0, 0.1) is 0 Å². The molecule has 3 heterocycles. The van der Waals surface area contributed by atoms with Gasteiger partial charge < -0.3 is 10.6 Å². The zero-order valence-electron chi connectivity index (χ0n) is 11.6. The summed E-state index contributed by atoms with van der Waals surface area (Å²) < 4.78 is 0.956. The fourth-order valence-electron chi connectivity index (χ4n) is 3.03. The van der Waals surface area contributed by atoms with Crippen molar-refractivity contribution in [3.63, 3.8) is 0 Å². The van der Waals surface area contributed by atoms with Crippen molar-refractivity contribution in [2.45, 2.75) is 38.3 Å². The second kappa shape index (κ2) is 5.66. The lowest BCUT2D eigenvalue weighted by Crippen LogP contribution is -2.49. The molecule has 0 bridgehead atoms. The van der Waals surface area contributed by atoms with Crippen molar-refractivity contribution in [3.8, 4) is 0 Å². The van der Waals surface area contributed by atoms with E-state index < -0.39 is 0 Å². The van der Waals surface area contributed by atoms with Crippen molar-refractivity contribution < 1.29 is 0 Å². The molecule has 2 unspecified atom stereocenters. The molecule has 2 aromatic rings. The largest absolute Gasteiger partial charge is 0.365 e. The predicted molar refractivity (Wildman–Crippen MR) is 85.9 cm³/mol. The van der Waals surface area contributed by atoms with Gasteiger partial charge in [0.1, 0.15) is 5.52 Å². The maximum absolute atomic E-state index is 6.18. The van der Waals surface area contributed by atoms with E-state index >= 15 is 0 Å². The quantitative estimate of drug-likeness (QED) is 0.916. The molecule has 3 rings (SSSR count). The fourth-order valence-corrected chi connectivity index (χ4v) is 3.35. The number of halogens is 1. The van der Waals surface area contributed by atoms with Gasteiger partial charge in [-0.25, -0.2) is 0 Å². The first-order valence-corrected chi connectivity index (χ1v) is 7.88. The summed E-state index contributed by atoms with van der Waals surface area (Å²) in [5.41, 5.74) is 9.22. The van der Waals surface area contributed by atoms with Gasteiger partial charge in [-0.15, -0.1) is 0 Å². The molecule has 106 valence electrons. The number of aromatic nitrogens is 2. The number of fused-ring (bicyclic) bond motifs is 1. The van der Waals surface area contributed by atoms with Crippen molar-refractivity contribution in [3.05, 3.63) is 29.0 Å². The number of nitrogens with two attached hydrogens (primary N) is 1. The predicted octanol–water partition coefficient (Wildman–Crippen LogP) is 3.10. The van der Waals surface area contributed by atoms with Crippen LogP contribution in [0.2, 0.25) is 0 Å². The monoisotopic (exact) mass is 334 g/mol. The molecule has 1 aliphatic heterocycles. The average molecular weight is 335 g/mol. The summed E-state index contributed by atoms with van der Waals surface area (Å²) in [5, 5.41) is 0. The Morgan fingerprint density at radius 1 is 1.40 bits per heavy atom. The lowest BCUT2D eigenvalue weighted by atomic mass is 9.96. The van der Waals surface area contributed by atoms with Gasteiger partial charge in [-0.1, -0.05) is 0 Å². The van der Waals surface area contributed by atoms with E-state index in [0.29, 0.717) is 6.04 Å². The second-order valence-electron chi connectivity index (χ2n) is 5.47. The Hall–Kier alpha value is -1.20. The highest BCUT2D eigenvalue weighted by Crippen LogP contribution is 2.31. The van der Waals surface area contributed by atoms with E-state index in [0.717, 1.165) is 34.2 Å². The second-order valence-corrected chi connectivity index (χ2v) is 6.38. The van der Waals surface area contributed by atoms with Crippen molar-refractivity contribution in [2.24, 2.45) is 5.73 Å². The van der Waals surface area contributed by atoms with E-state index in [2.05, 4.69) is 43.8 Å². The maximum Gasteiger partial charge on any atom is 0.112 e. The minimum absolute atomic E-state index is 0.161. The Bertz CT molecular complexity index is 614. The van der Waals surface area contributed by atoms with E-state index in [1.165, 1.54) is 12.8 Å². The van der Waals surface area contributed by atoms with Crippen LogP contribution in [-0.4, -0.2) is 28.6 Å². The minimum Gasteiger partial charge on any atom is -0.365 e. The van der Waals surface area contributed by atoms with E-state index in [1.54, 1.807) is 0 Å². The summed E-state index contributed by atoms with van der Waals surface area (Å²) in [7, 11) is 0. The number of hydrogen-bond donors (Lipinski definition) is 1. The zero-order valence-corrected chi connectivity index (χ0v) is 13.2. The van der Waals surface area contributed by atoms with E-state index in [9.17, 15) is 0 Å². The number of hydrogen-bond acceptors (Lipinski definition) is 4. The van der Waals surface area contributed by atoms with Gasteiger partial charge in [-0.3, -0.25) is 9.97 Å². The van der Waals surface area contributed by atoms with Crippen molar-refractivity contribution in [2.75, 3.05) is 11.4 Å². The van der Waals surface area contributed by atoms with Crippen LogP contribution in [0.3, 0.4) is 0 Å². The molecular formula is C15H19BrN4. The van der Waals surface area contributed by atoms with Gasteiger partial charge in [0.2, 0.25) is 0 Å². The fraction of sp³-hybridized carbons (Fsp3) is 0.467. The maximum atomic E-state index is 6.18. The summed E-state index contributed by atoms with van der Waals surface area (Å²) >= 11 is 3.45. The molecule has 0 saturated carbocycles. The minimum atomic E-state index is 0.161. The summed E-state index contributed by atoms with van der Waals surface area (Å²) in [6.07, 6.45) is 7.31. The summed E-state index contributed by atoms with van der Waals surface area (Å²) in [5.74, 6) is 0. The summed E-state index contributed by atoms with van der Waals surface area (Å²) in [6, 6.07) is 4.62. The highest BCUT2D eigenvalue weighted by molar-refractivity contribution is 9.10. The molecule has 1 fully saturated rings. The molecule has 0 radical (unpaired) electrons. The van der Waals surface area contributed by atoms with Crippen molar-refractivity contribution >= 4 is 32.7 Å². The Labute approximate surface area is 127 Å². The molecule has 0 aromatic carbocycles. The number of rotatable bonds is 2. The Morgan fingerprint density at radius 2 is 2.25 bits per heavy atom. The Kier molecular flexibility index (Phi) is 3.89. The molecule has 2 atom stereocenters. The SMILES string of the molecule is CC(N)C1CCCCN1c1ccnc2cc(Br)cnc12. The molecule has 0 spiro atoms. The van der Waals surface area contributed by atoms with Gasteiger partial charge in [0, 0.05) is 35.5 Å². The van der Waals surface area contributed by atoms with Crippen molar-refractivity contribution in [1.82, 2.24) is 9.97 Å². The molecule has 2 aromatic heterocycles. The average Bonchev–Trinajstić information content (AvgIpc) is 2.46. The summed E-state index contributed by atoms with van der Waals surface area (Å²) in [6.45, 7) is 3.14. The van der Waals surface area contributed by atoms with Crippen LogP contribution < -0.4 is 10.6 Å². The van der Waals surface area contributed by atoms with Gasteiger partial charge in [0.15, 0.2) is 0 Å². The van der Waals surface area contributed by atoms with Gasteiger partial charge in [0.25, 0.3) is 0 Å². The first-order valence-electron chi connectivity index (χ1n) is 7.09.